The molecule has 1 atom stereocenters. The van der Waals surface area contributed by atoms with Crippen LogP contribution in [0.25, 0.3) is 0 Å². The molecule has 2 aliphatic rings. The van der Waals surface area contributed by atoms with Gasteiger partial charge in [0, 0.05) is 37.4 Å². The van der Waals surface area contributed by atoms with Gasteiger partial charge in [-0.1, -0.05) is 32.1 Å². The van der Waals surface area contributed by atoms with Crippen LogP contribution in [0.5, 0.6) is 0 Å². The van der Waals surface area contributed by atoms with E-state index in [1.807, 2.05) is 6.92 Å². The van der Waals surface area contributed by atoms with E-state index in [4.69, 9.17) is 0 Å². The van der Waals surface area contributed by atoms with Gasteiger partial charge in [0.25, 0.3) is 0 Å². The second kappa shape index (κ2) is 10.3. The van der Waals surface area contributed by atoms with Crippen molar-refractivity contribution in [2.45, 2.75) is 62.9 Å². The number of hydrogen-bond donors (Lipinski definition) is 1. The van der Waals surface area contributed by atoms with E-state index in [0.29, 0.717) is 24.0 Å². The predicted molar refractivity (Wildman–Crippen MR) is 124 cm³/mol. The highest BCUT2D eigenvalue weighted by molar-refractivity contribution is 7.89. The molecule has 1 saturated carbocycles. The molecular weight excluding hydrogens is 464 g/mol. The van der Waals surface area contributed by atoms with Crippen molar-refractivity contribution in [1.29, 1.82) is 0 Å². The lowest BCUT2D eigenvalue weighted by Gasteiger charge is -2.39. The second-order valence-electron chi connectivity index (χ2n) is 8.54. The fourth-order valence-corrected chi connectivity index (χ4v) is 6.46. The molecule has 0 radical (unpaired) electrons. The first-order valence-electron chi connectivity index (χ1n) is 11.4. The number of aryl methyl sites for hydroxylation is 1. The monoisotopic (exact) mass is 494 g/mol. The maximum Gasteiger partial charge on any atom is 0.248 e. The van der Waals surface area contributed by atoms with Crippen LogP contribution in [0.3, 0.4) is 0 Å². The van der Waals surface area contributed by atoms with Crippen molar-refractivity contribution in [3.05, 3.63) is 24.0 Å². The fraction of sp³-hybridized carbons (Fsp3) is 0.619. The molecule has 0 aromatic carbocycles. The normalized spacial score (nSPS) is 19.5. The Kier molecular flexibility index (Phi) is 7.45. The van der Waals surface area contributed by atoms with Gasteiger partial charge in [-0.3, -0.25) is 14.3 Å². The average Bonchev–Trinajstić information content (AvgIpc) is 3.51. The highest BCUT2D eigenvalue weighted by atomic mass is 32.2. The zero-order valence-corrected chi connectivity index (χ0v) is 20.4. The molecule has 2 fully saturated rings. The number of piperazine rings is 1. The molecule has 4 rings (SSSR count). The van der Waals surface area contributed by atoms with E-state index >= 15 is 0 Å². The Morgan fingerprint density at radius 3 is 2.70 bits per heavy atom. The molecule has 2 amide bonds. The first-order valence-corrected chi connectivity index (χ1v) is 13.7. The van der Waals surface area contributed by atoms with E-state index in [9.17, 15) is 18.0 Å². The molecule has 12 heteroatoms. The van der Waals surface area contributed by atoms with Crippen molar-refractivity contribution in [2.24, 2.45) is 5.92 Å². The van der Waals surface area contributed by atoms with Crippen LogP contribution in [0.2, 0.25) is 0 Å². The third-order valence-corrected chi connectivity index (χ3v) is 8.90. The lowest BCUT2D eigenvalue weighted by atomic mass is 9.84. The van der Waals surface area contributed by atoms with Crippen LogP contribution in [-0.2, 0) is 26.2 Å². The minimum Gasteiger partial charge on any atom is -0.328 e. The number of carbonyl (C=O) groups is 2. The van der Waals surface area contributed by atoms with Crippen LogP contribution in [-0.4, -0.2) is 69.9 Å². The van der Waals surface area contributed by atoms with Crippen molar-refractivity contribution in [3.63, 3.8) is 0 Å². The van der Waals surface area contributed by atoms with Crippen LogP contribution < -0.4 is 5.32 Å². The van der Waals surface area contributed by atoms with Crippen molar-refractivity contribution in [2.75, 3.05) is 25.0 Å². The molecule has 3 heterocycles. The number of nitrogens with one attached hydrogen (secondary N) is 1. The number of thiazole rings is 1. The first-order chi connectivity index (χ1) is 15.9. The molecule has 1 aliphatic heterocycles. The maximum atomic E-state index is 13.2. The number of carbonyl (C=O) groups excluding carboxylic acids is 2. The van der Waals surface area contributed by atoms with Gasteiger partial charge in [0.15, 0.2) is 5.13 Å². The standard InChI is InChI=1S/C21H30N6O4S2/c1-2-25-14-17(13-23-25)33(30,31)26-9-10-27(19(28)15-26)18(12-16-6-4-3-5-7-16)20(29)24-21-22-8-11-32-21/h8,11,13-14,16,18H,2-7,9-10,12,15H2,1H3,(H,22,24,29)/t18-/m0/s1. The summed E-state index contributed by atoms with van der Waals surface area (Å²) in [6, 6.07) is -0.641. The van der Waals surface area contributed by atoms with E-state index < -0.39 is 16.1 Å². The smallest absolute Gasteiger partial charge is 0.248 e. The van der Waals surface area contributed by atoms with E-state index in [2.05, 4.69) is 15.4 Å². The molecule has 0 unspecified atom stereocenters. The number of hydrogen-bond acceptors (Lipinski definition) is 7. The Morgan fingerprint density at radius 2 is 2.06 bits per heavy atom. The van der Waals surface area contributed by atoms with Gasteiger partial charge in [-0.2, -0.15) is 9.40 Å². The Hall–Kier alpha value is -2.31. The molecule has 2 aromatic rings. The van der Waals surface area contributed by atoms with Gasteiger partial charge in [0.1, 0.15) is 10.9 Å². The summed E-state index contributed by atoms with van der Waals surface area (Å²) < 4.78 is 28.7. The highest BCUT2D eigenvalue weighted by Gasteiger charge is 2.39. The van der Waals surface area contributed by atoms with Crippen LogP contribution in [0.4, 0.5) is 5.13 Å². The number of sulfonamides is 1. The molecule has 180 valence electrons. The predicted octanol–water partition coefficient (Wildman–Crippen LogP) is 2.17. The minimum absolute atomic E-state index is 0.0749. The second-order valence-corrected chi connectivity index (χ2v) is 11.4. The van der Waals surface area contributed by atoms with Crippen LogP contribution in [0.1, 0.15) is 45.4 Å². The van der Waals surface area contributed by atoms with Crippen LogP contribution >= 0.6 is 11.3 Å². The van der Waals surface area contributed by atoms with Crippen molar-refractivity contribution < 1.29 is 18.0 Å². The summed E-state index contributed by atoms with van der Waals surface area (Å²) in [5.41, 5.74) is 0. The summed E-state index contributed by atoms with van der Waals surface area (Å²) in [6.07, 6.45) is 10.5. The quantitative estimate of drug-likeness (QED) is 0.601. The van der Waals surface area contributed by atoms with Crippen molar-refractivity contribution >= 4 is 38.3 Å². The lowest BCUT2D eigenvalue weighted by Crippen LogP contribution is -2.58. The van der Waals surface area contributed by atoms with Crippen molar-refractivity contribution in [3.8, 4) is 0 Å². The van der Waals surface area contributed by atoms with E-state index in [1.54, 1.807) is 16.5 Å². The molecule has 0 spiro atoms. The van der Waals surface area contributed by atoms with Gasteiger partial charge in [-0.25, -0.2) is 13.4 Å². The molecular formula is C21H30N6O4S2. The van der Waals surface area contributed by atoms with Gasteiger partial charge in [0.05, 0.1) is 12.7 Å². The SMILES string of the molecule is CCn1cc(S(=O)(=O)N2CCN([C@@H](CC3CCCCC3)C(=O)Nc3nccs3)C(=O)C2)cn1. The van der Waals surface area contributed by atoms with E-state index in [-0.39, 0.29) is 36.3 Å². The number of aromatic nitrogens is 3. The topological polar surface area (TPSA) is 118 Å². The summed E-state index contributed by atoms with van der Waals surface area (Å²) in [6.45, 7) is 2.44. The Bertz CT molecular complexity index is 1060. The maximum absolute atomic E-state index is 13.2. The molecule has 33 heavy (non-hydrogen) atoms. The molecule has 1 saturated heterocycles. The molecule has 0 bridgehead atoms. The molecule has 1 aliphatic carbocycles. The van der Waals surface area contributed by atoms with Crippen LogP contribution in [0, 0.1) is 5.92 Å². The fourth-order valence-electron chi connectivity index (χ4n) is 4.59. The van der Waals surface area contributed by atoms with E-state index in [0.717, 1.165) is 25.7 Å². The largest absolute Gasteiger partial charge is 0.328 e. The number of amides is 2. The van der Waals surface area contributed by atoms with Gasteiger partial charge < -0.3 is 10.2 Å². The zero-order chi connectivity index (χ0) is 23.4. The van der Waals surface area contributed by atoms with Gasteiger partial charge in [-0.15, -0.1) is 11.3 Å². The minimum atomic E-state index is -3.83. The summed E-state index contributed by atoms with van der Waals surface area (Å²) in [7, 11) is -3.83. The Balaban J connectivity index is 1.49. The zero-order valence-electron chi connectivity index (χ0n) is 18.7. The lowest BCUT2D eigenvalue weighted by molar-refractivity contribution is -0.142. The van der Waals surface area contributed by atoms with Gasteiger partial charge in [-0.05, 0) is 19.3 Å². The molecule has 10 nitrogen and oxygen atoms in total. The summed E-state index contributed by atoms with van der Waals surface area (Å²) >= 11 is 1.33. The Morgan fingerprint density at radius 1 is 1.27 bits per heavy atom. The van der Waals surface area contributed by atoms with E-state index in [1.165, 1.54) is 39.1 Å². The van der Waals surface area contributed by atoms with Gasteiger partial charge >= 0.3 is 0 Å². The van der Waals surface area contributed by atoms with Gasteiger partial charge in [0.2, 0.25) is 21.8 Å². The third kappa shape index (κ3) is 5.44. The number of anilines is 1. The summed E-state index contributed by atoms with van der Waals surface area (Å²) in [5, 5.41) is 9.15. The highest BCUT2D eigenvalue weighted by Crippen LogP contribution is 2.30. The van der Waals surface area contributed by atoms with Crippen molar-refractivity contribution in [1.82, 2.24) is 24.0 Å². The molecule has 1 N–H and O–H groups in total. The number of nitrogens with zero attached hydrogens (tertiary/aromatic N) is 5. The summed E-state index contributed by atoms with van der Waals surface area (Å²) in [5.74, 6) is -0.243. The average molecular weight is 495 g/mol. The molecule has 2 aromatic heterocycles. The third-order valence-electron chi connectivity index (χ3n) is 6.42. The summed E-state index contributed by atoms with van der Waals surface area (Å²) in [4.78, 5) is 32.1. The first kappa shape index (κ1) is 23.8. The number of rotatable bonds is 8. The van der Waals surface area contributed by atoms with Crippen LogP contribution in [0.15, 0.2) is 28.9 Å². The Labute approximate surface area is 198 Å².